The molecule has 2 rings (SSSR count). The van der Waals surface area contributed by atoms with Crippen molar-refractivity contribution >= 4 is 15.7 Å². The van der Waals surface area contributed by atoms with Crippen LogP contribution in [0.15, 0.2) is 0 Å². The van der Waals surface area contributed by atoms with Crippen LogP contribution in [-0.2, 0) is 14.6 Å². The number of carbonyl (C=O) groups excluding carboxylic acids is 1. The van der Waals surface area contributed by atoms with Gasteiger partial charge < -0.3 is 10.2 Å². The van der Waals surface area contributed by atoms with Gasteiger partial charge in [0.25, 0.3) is 0 Å². The zero-order valence-corrected chi connectivity index (χ0v) is 11.5. The Kier molecular flexibility index (Phi) is 4.61. The molecule has 0 aromatic heterocycles. The molecule has 0 bridgehead atoms. The van der Waals surface area contributed by atoms with E-state index in [1.807, 2.05) is 4.90 Å². The maximum atomic E-state index is 11.8. The Balaban J connectivity index is 1.62. The molecule has 0 aromatic rings. The normalized spacial score (nSPS) is 24.3. The van der Waals surface area contributed by atoms with Crippen LogP contribution in [0, 0.1) is 0 Å². The van der Waals surface area contributed by atoms with Crippen LogP contribution in [0.25, 0.3) is 0 Å². The van der Waals surface area contributed by atoms with E-state index in [1.165, 1.54) is 0 Å². The van der Waals surface area contributed by atoms with Gasteiger partial charge in [-0.3, -0.25) is 4.79 Å². The van der Waals surface area contributed by atoms with Crippen LogP contribution in [0.2, 0.25) is 0 Å². The number of rotatable bonds is 4. The third-order valence-corrected chi connectivity index (χ3v) is 5.50. The molecule has 2 saturated heterocycles. The van der Waals surface area contributed by atoms with Crippen molar-refractivity contribution in [1.82, 2.24) is 10.2 Å². The van der Waals surface area contributed by atoms with Crippen molar-refractivity contribution in [1.29, 1.82) is 0 Å². The average Bonchev–Trinajstić information content (AvgIpc) is 2.85. The number of hydrogen-bond acceptors (Lipinski definition) is 4. The molecule has 0 atom stereocenters. The van der Waals surface area contributed by atoms with Gasteiger partial charge in [-0.15, -0.1) is 0 Å². The fraction of sp³-hybridized carbons (Fsp3) is 0.917. The number of nitrogens with one attached hydrogen (secondary N) is 1. The van der Waals surface area contributed by atoms with Crippen molar-refractivity contribution in [3.63, 3.8) is 0 Å². The summed E-state index contributed by atoms with van der Waals surface area (Å²) in [6.07, 6.45) is 4.14. The predicted molar refractivity (Wildman–Crippen MR) is 70.1 cm³/mol. The topological polar surface area (TPSA) is 66.5 Å². The maximum Gasteiger partial charge on any atom is 0.223 e. The summed E-state index contributed by atoms with van der Waals surface area (Å²) in [5, 5.41) is 3.30. The van der Waals surface area contributed by atoms with Crippen LogP contribution in [0.5, 0.6) is 0 Å². The Hall–Kier alpha value is -0.620. The van der Waals surface area contributed by atoms with Gasteiger partial charge in [-0.1, -0.05) is 0 Å². The lowest BCUT2D eigenvalue weighted by Crippen LogP contribution is -2.39. The molecule has 0 saturated carbocycles. The van der Waals surface area contributed by atoms with Crippen LogP contribution in [0.3, 0.4) is 0 Å². The van der Waals surface area contributed by atoms with E-state index >= 15 is 0 Å². The van der Waals surface area contributed by atoms with E-state index in [9.17, 15) is 13.2 Å². The van der Waals surface area contributed by atoms with E-state index in [-0.39, 0.29) is 23.5 Å². The number of sulfone groups is 1. The maximum absolute atomic E-state index is 11.8. The Morgan fingerprint density at radius 2 is 1.78 bits per heavy atom. The third-order valence-electron chi connectivity index (χ3n) is 3.79. The summed E-state index contributed by atoms with van der Waals surface area (Å²) in [6.45, 7) is 2.47. The number of carbonyl (C=O) groups is 1. The molecule has 104 valence electrons. The molecule has 2 heterocycles. The van der Waals surface area contributed by atoms with Gasteiger partial charge in [0.1, 0.15) is 9.84 Å². The lowest BCUT2D eigenvalue weighted by Gasteiger charge is -2.23. The number of amides is 1. The van der Waals surface area contributed by atoms with Crippen molar-refractivity contribution in [2.75, 3.05) is 31.1 Å². The molecule has 5 nitrogen and oxygen atoms in total. The standard InChI is InChI=1S/C12H22N2O3S/c15-12(14-7-1-2-8-14)3-6-13-11-4-9-18(16,17)10-5-11/h11,13H,1-10H2. The molecule has 1 N–H and O–H groups in total. The minimum absolute atomic E-state index is 0.225. The summed E-state index contributed by atoms with van der Waals surface area (Å²) in [5.74, 6) is 0.790. The second-order valence-electron chi connectivity index (χ2n) is 5.22. The van der Waals surface area contributed by atoms with Gasteiger partial charge in [-0.05, 0) is 25.7 Å². The van der Waals surface area contributed by atoms with Crippen LogP contribution in [-0.4, -0.2) is 56.4 Å². The predicted octanol–water partition coefficient (Wildman–Crippen LogP) is 0.166. The first-order valence-electron chi connectivity index (χ1n) is 6.78. The fourth-order valence-electron chi connectivity index (χ4n) is 2.60. The van der Waals surface area contributed by atoms with E-state index in [1.54, 1.807) is 0 Å². The minimum atomic E-state index is -2.79. The van der Waals surface area contributed by atoms with Crippen molar-refractivity contribution in [2.24, 2.45) is 0 Å². The molecule has 2 fully saturated rings. The van der Waals surface area contributed by atoms with Gasteiger partial charge in [0.05, 0.1) is 11.5 Å². The highest BCUT2D eigenvalue weighted by atomic mass is 32.2. The molecule has 0 aromatic carbocycles. The monoisotopic (exact) mass is 274 g/mol. The van der Waals surface area contributed by atoms with Crippen LogP contribution in [0.4, 0.5) is 0 Å². The summed E-state index contributed by atoms with van der Waals surface area (Å²) in [7, 11) is -2.79. The van der Waals surface area contributed by atoms with E-state index in [0.717, 1.165) is 25.9 Å². The Morgan fingerprint density at radius 1 is 1.17 bits per heavy atom. The lowest BCUT2D eigenvalue weighted by molar-refractivity contribution is -0.130. The summed E-state index contributed by atoms with van der Waals surface area (Å²) < 4.78 is 22.5. The van der Waals surface area contributed by atoms with Gasteiger partial charge in [-0.25, -0.2) is 8.42 Å². The van der Waals surface area contributed by atoms with E-state index in [4.69, 9.17) is 0 Å². The largest absolute Gasteiger partial charge is 0.343 e. The van der Waals surface area contributed by atoms with E-state index < -0.39 is 9.84 Å². The molecule has 0 aliphatic carbocycles. The van der Waals surface area contributed by atoms with Crippen LogP contribution < -0.4 is 5.32 Å². The Bertz CT molecular complexity index is 374. The summed E-state index contributed by atoms with van der Waals surface area (Å²) >= 11 is 0. The van der Waals surface area contributed by atoms with Gasteiger partial charge in [0, 0.05) is 32.1 Å². The number of hydrogen-bond donors (Lipinski definition) is 1. The summed E-state index contributed by atoms with van der Waals surface area (Å²) in [6, 6.07) is 0.264. The van der Waals surface area contributed by atoms with Crippen LogP contribution >= 0.6 is 0 Å². The fourth-order valence-corrected chi connectivity index (χ4v) is 4.09. The zero-order valence-electron chi connectivity index (χ0n) is 10.7. The second-order valence-corrected chi connectivity index (χ2v) is 7.52. The van der Waals surface area contributed by atoms with Crippen molar-refractivity contribution in [3.8, 4) is 0 Å². The smallest absolute Gasteiger partial charge is 0.223 e. The first-order valence-corrected chi connectivity index (χ1v) is 8.60. The highest BCUT2D eigenvalue weighted by Gasteiger charge is 2.23. The molecule has 0 radical (unpaired) electrons. The molecule has 0 spiro atoms. The van der Waals surface area contributed by atoms with Crippen LogP contribution in [0.1, 0.15) is 32.1 Å². The van der Waals surface area contributed by atoms with Gasteiger partial charge in [0.15, 0.2) is 0 Å². The highest BCUT2D eigenvalue weighted by molar-refractivity contribution is 7.91. The van der Waals surface area contributed by atoms with Gasteiger partial charge in [0.2, 0.25) is 5.91 Å². The average molecular weight is 274 g/mol. The van der Waals surface area contributed by atoms with Crippen molar-refractivity contribution < 1.29 is 13.2 Å². The SMILES string of the molecule is O=C(CCNC1CCS(=O)(=O)CC1)N1CCCC1. The Morgan fingerprint density at radius 3 is 2.39 bits per heavy atom. The zero-order chi connectivity index (χ0) is 13.0. The molecular formula is C12H22N2O3S. The van der Waals surface area contributed by atoms with E-state index in [0.29, 0.717) is 25.8 Å². The quantitative estimate of drug-likeness (QED) is 0.793. The number of likely N-dealkylation sites (tertiary alicyclic amines) is 1. The first-order chi connectivity index (χ1) is 8.57. The number of nitrogens with zero attached hydrogens (tertiary/aromatic N) is 1. The lowest BCUT2D eigenvalue weighted by atomic mass is 10.1. The van der Waals surface area contributed by atoms with Gasteiger partial charge in [-0.2, -0.15) is 0 Å². The Labute approximate surface area is 109 Å². The third kappa shape index (κ3) is 3.95. The first kappa shape index (κ1) is 13.8. The van der Waals surface area contributed by atoms with Crippen molar-refractivity contribution in [3.05, 3.63) is 0 Å². The molecule has 0 unspecified atom stereocenters. The van der Waals surface area contributed by atoms with E-state index in [2.05, 4.69) is 5.32 Å². The second kappa shape index (κ2) is 6.02. The molecule has 2 aliphatic heterocycles. The summed E-state index contributed by atoms with van der Waals surface area (Å²) in [5.41, 5.74) is 0. The minimum Gasteiger partial charge on any atom is -0.343 e. The molecule has 6 heteroatoms. The molecule has 1 amide bonds. The van der Waals surface area contributed by atoms with Crippen molar-refractivity contribution in [2.45, 2.75) is 38.1 Å². The molecule has 18 heavy (non-hydrogen) atoms. The molecule has 2 aliphatic rings. The highest BCUT2D eigenvalue weighted by Crippen LogP contribution is 2.12. The van der Waals surface area contributed by atoms with Gasteiger partial charge >= 0.3 is 0 Å². The summed E-state index contributed by atoms with van der Waals surface area (Å²) in [4.78, 5) is 13.7. The molecular weight excluding hydrogens is 252 g/mol.